The van der Waals surface area contributed by atoms with Crippen molar-refractivity contribution in [2.45, 2.75) is 6.42 Å². The van der Waals surface area contributed by atoms with E-state index in [9.17, 15) is 13.6 Å². The second-order valence-corrected chi connectivity index (χ2v) is 5.14. The van der Waals surface area contributed by atoms with Gasteiger partial charge in [0.2, 0.25) is 0 Å². The Labute approximate surface area is 122 Å². The third-order valence-electron chi connectivity index (χ3n) is 2.62. The summed E-state index contributed by atoms with van der Waals surface area (Å²) in [6, 6.07) is 8.47. The van der Waals surface area contributed by atoms with Crippen LogP contribution in [0.2, 0.25) is 5.02 Å². The maximum atomic E-state index is 13.6. The van der Waals surface area contributed by atoms with E-state index >= 15 is 0 Å². The lowest BCUT2D eigenvalue weighted by Crippen LogP contribution is -2.08. The molecule has 0 aliphatic rings. The minimum atomic E-state index is -0.619. The summed E-state index contributed by atoms with van der Waals surface area (Å²) in [5, 5.41) is -0.108. The van der Waals surface area contributed by atoms with E-state index in [1.807, 2.05) is 0 Å². The van der Waals surface area contributed by atoms with Crippen molar-refractivity contribution in [2.75, 3.05) is 0 Å². The summed E-state index contributed by atoms with van der Waals surface area (Å²) in [5.41, 5.74) is 0.282. The monoisotopic (exact) mass is 344 g/mol. The average Bonchev–Trinajstić information content (AvgIpc) is 2.35. The van der Waals surface area contributed by atoms with Crippen molar-refractivity contribution in [3.05, 3.63) is 68.7 Å². The Morgan fingerprint density at radius 2 is 1.74 bits per heavy atom. The smallest absolute Gasteiger partial charge is 0.171 e. The molecule has 0 heterocycles. The minimum absolute atomic E-state index is 0.0529. The first-order valence-electron chi connectivity index (χ1n) is 5.41. The van der Waals surface area contributed by atoms with Gasteiger partial charge in [-0.1, -0.05) is 29.8 Å². The molecule has 0 amide bonds. The lowest BCUT2D eigenvalue weighted by Gasteiger charge is -2.07. The van der Waals surface area contributed by atoms with Crippen LogP contribution < -0.4 is 0 Å². The van der Waals surface area contributed by atoms with Crippen LogP contribution in [0.3, 0.4) is 0 Å². The largest absolute Gasteiger partial charge is 0.294 e. The second-order valence-electron chi connectivity index (χ2n) is 3.91. The molecule has 0 atom stereocenters. The van der Waals surface area contributed by atoms with E-state index in [2.05, 4.69) is 15.9 Å². The first-order valence-corrected chi connectivity index (χ1v) is 6.58. The van der Waals surface area contributed by atoms with Crippen LogP contribution in [0.4, 0.5) is 8.78 Å². The molecule has 5 heteroatoms. The van der Waals surface area contributed by atoms with Gasteiger partial charge in [-0.05, 0) is 39.7 Å². The van der Waals surface area contributed by atoms with Crippen LogP contribution in [0, 0.1) is 11.6 Å². The van der Waals surface area contributed by atoms with Crippen molar-refractivity contribution in [3.63, 3.8) is 0 Å². The summed E-state index contributed by atoms with van der Waals surface area (Å²) < 4.78 is 27.3. The lowest BCUT2D eigenvalue weighted by atomic mass is 10.0. The second kappa shape index (κ2) is 5.80. The van der Waals surface area contributed by atoms with Gasteiger partial charge in [0.15, 0.2) is 5.78 Å². The third-order valence-corrected chi connectivity index (χ3v) is 3.71. The lowest BCUT2D eigenvalue weighted by molar-refractivity contribution is 0.0988. The first-order chi connectivity index (χ1) is 9.00. The van der Waals surface area contributed by atoms with Crippen LogP contribution in [0.25, 0.3) is 0 Å². The molecular formula is C14H8BrClF2O. The Bertz CT molecular complexity index is 623. The molecule has 0 saturated carbocycles. The Hall–Kier alpha value is -1.26. The normalized spacial score (nSPS) is 10.5. The van der Waals surface area contributed by atoms with Crippen LogP contribution >= 0.6 is 27.5 Å². The zero-order chi connectivity index (χ0) is 14.0. The van der Waals surface area contributed by atoms with E-state index in [-0.39, 0.29) is 17.0 Å². The zero-order valence-corrected chi connectivity index (χ0v) is 11.9. The quantitative estimate of drug-likeness (QED) is 0.730. The van der Waals surface area contributed by atoms with Gasteiger partial charge in [-0.15, -0.1) is 0 Å². The predicted molar refractivity (Wildman–Crippen MR) is 73.5 cm³/mol. The predicted octanol–water partition coefficient (Wildman–Crippen LogP) is 4.81. The van der Waals surface area contributed by atoms with E-state index in [1.54, 1.807) is 6.07 Å². The molecule has 0 N–H and O–H groups in total. The Morgan fingerprint density at radius 3 is 2.42 bits per heavy atom. The van der Waals surface area contributed by atoms with Gasteiger partial charge in [-0.2, -0.15) is 0 Å². The van der Waals surface area contributed by atoms with Crippen molar-refractivity contribution in [3.8, 4) is 0 Å². The fourth-order valence-corrected chi connectivity index (χ4v) is 2.47. The Kier molecular flexibility index (Phi) is 4.32. The standard InChI is InChI=1S/C14H8BrClF2O/c15-9-4-2-5-10(17)13(9)12(19)7-8-3-1-6-11(18)14(8)16/h1-6H,7H2. The first kappa shape index (κ1) is 14.2. The Balaban J connectivity index is 2.34. The number of benzene rings is 2. The van der Waals surface area contributed by atoms with Crippen molar-refractivity contribution in [1.29, 1.82) is 0 Å². The van der Waals surface area contributed by atoms with Crippen LogP contribution in [-0.4, -0.2) is 5.78 Å². The van der Waals surface area contributed by atoms with Crippen molar-refractivity contribution >= 4 is 33.3 Å². The fourth-order valence-electron chi connectivity index (χ4n) is 1.71. The summed E-state index contributed by atoms with van der Waals surface area (Å²) >= 11 is 8.90. The molecule has 0 aliphatic carbocycles. The highest BCUT2D eigenvalue weighted by molar-refractivity contribution is 9.10. The van der Waals surface area contributed by atoms with Crippen molar-refractivity contribution < 1.29 is 13.6 Å². The van der Waals surface area contributed by atoms with Crippen LogP contribution in [0.15, 0.2) is 40.9 Å². The summed E-state index contributed by atoms with van der Waals surface area (Å²) in [6.07, 6.45) is -0.157. The van der Waals surface area contributed by atoms with Crippen LogP contribution in [-0.2, 0) is 6.42 Å². The van der Waals surface area contributed by atoms with Gasteiger partial charge in [0, 0.05) is 10.9 Å². The topological polar surface area (TPSA) is 17.1 Å². The number of ketones is 1. The van der Waals surface area contributed by atoms with E-state index < -0.39 is 17.4 Å². The molecule has 0 bridgehead atoms. The number of carbonyl (C=O) groups is 1. The van der Waals surface area contributed by atoms with Gasteiger partial charge in [0.25, 0.3) is 0 Å². The van der Waals surface area contributed by atoms with Gasteiger partial charge >= 0.3 is 0 Å². The van der Waals surface area contributed by atoms with E-state index in [4.69, 9.17) is 11.6 Å². The fraction of sp³-hybridized carbons (Fsp3) is 0.0714. The number of rotatable bonds is 3. The molecule has 98 valence electrons. The number of carbonyl (C=O) groups excluding carboxylic acids is 1. The van der Waals surface area contributed by atoms with Crippen LogP contribution in [0.5, 0.6) is 0 Å². The molecule has 0 spiro atoms. The SMILES string of the molecule is O=C(Cc1cccc(F)c1Cl)c1c(F)cccc1Br. The van der Waals surface area contributed by atoms with Crippen molar-refractivity contribution in [2.24, 2.45) is 0 Å². The number of hydrogen-bond acceptors (Lipinski definition) is 1. The highest BCUT2D eigenvalue weighted by Crippen LogP contribution is 2.25. The molecule has 0 fully saturated rings. The Morgan fingerprint density at radius 1 is 1.11 bits per heavy atom. The molecule has 1 nitrogen and oxygen atoms in total. The van der Waals surface area contributed by atoms with Gasteiger partial charge in [-0.3, -0.25) is 4.79 Å². The molecule has 19 heavy (non-hydrogen) atoms. The number of hydrogen-bond donors (Lipinski definition) is 0. The molecule has 0 saturated heterocycles. The van der Waals surface area contributed by atoms with Gasteiger partial charge in [0.1, 0.15) is 11.6 Å². The van der Waals surface area contributed by atoms with Crippen molar-refractivity contribution in [1.82, 2.24) is 0 Å². The molecule has 2 aromatic carbocycles. The van der Waals surface area contributed by atoms with E-state index in [0.29, 0.717) is 10.0 Å². The molecular weight excluding hydrogens is 338 g/mol. The average molecular weight is 346 g/mol. The summed E-state index contributed by atoms with van der Waals surface area (Å²) in [6.45, 7) is 0. The number of Topliss-reactive ketones (excluding diaryl/α,β-unsaturated/α-hetero) is 1. The van der Waals surface area contributed by atoms with Gasteiger partial charge in [-0.25, -0.2) is 8.78 Å². The maximum absolute atomic E-state index is 13.6. The van der Waals surface area contributed by atoms with Crippen LogP contribution in [0.1, 0.15) is 15.9 Å². The summed E-state index contributed by atoms with van der Waals surface area (Å²) in [4.78, 5) is 12.1. The maximum Gasteiger partial charge on any atom is 0.171 e. The molecule has 0 radical (unpaired) electrons. The van der Waals surface area contributed by atoms with Gasteiger partial charge in [0.05, 0.1) is 10.6 Å². The third kappa shape index (κ3) is 3.01. The summed E-state index contributed by atoms with van der Waals surface area (Å²) in [5.74, 6) is -1.68. The highest BCUT2D eigenvalue weighted by Gasteiger charge is 2.17. The molecule has 2 rings (SSSR count). The summed E-state index contributed by atoms with van der Waals surface area (Å²) in [7, 11) is 0. The van der Waals surface area contributed by atoms with Gasteiger partial charge < -0.3 is 0 Å². The number of halogens is 4. The molecule has 0 aliphatic heterocycles. The van der Waals surface area contributed by atoms with E-state index in [0.717, 1.165) is 0 Å². The zero-order valence-electron chi connectivity index (χ0n) is 9.59. The molecule has 0 unspecified atom stereocenters. The molecule has 2 aromatic rings. The minimum Gasteiger partial charge on any atom is -0.294 e. The van der Waals surface area contributed by atoms with E-state index in [1.165, 1.54) is 30.3 Å². The highest BCUT2D eigenvalue weighted by atomic mass is 79.9. The molecule has 0 aromatic heterocycles.